The van der Waals surface area contributed by atoms with Crippen molar-refractivity contribution >= 4 is 22.2 Å². The highest BCUT2D eigenvalue weighted by atomic mass is 15.2. The number of para-hydroxylation sites is 1. The van der Waals surface area contributed by atoms with E-state index in [1.165, 1.54) is 50.1 Å². The maximum Gasteiger partial charge on any atom is 0.0953 e. The molecule has 0 fully saturated rings. The van der Waals surface area contributed by atoms with E-state index < -0.39 is 0 Å². The first kappa shape index (κ1) is 17.3. The van der Waals surface area contributed by atoms with Crippen LogP contribution in [-0.2, 0) is 6.42 Å². The fourth-order valence-corrected chi connectivity index (χ4v) is 5.40. The van der Waals surface area contributed by atoms with Gasteiger partial charge in [0.2, 0.25) is 0 Å². The highest BCUT2D eigenvalue weighted by molar-refractivity contribution is 5.95. The van der Waals surface area contributed by atoms with Gasteiger partial charge in [-0.15, -0.1) is 6.58 Å². The van der Waals surface area contributed by atoms with Crippen LogP contribution in [0.4, 0.5) is 0 Å². The molecule has 3 heterocycles. The van der Waals surface area contributed by atoms with Gasteiger partial charge in [0.1, 0.15) is 0 Å². The summed E-state index contributed by atoms with van der Waals surface area (Å²) in [5.74, 6) is 0. The van der Waals surface area contributed by atoms with Crippen molar-refractivity contribution in [3.63, 3.8) is 0 Å². The first-order chi connectivity index (χ1) is 14.9. The number of aromatic amines is 1. The lowest BCUT2D eigenvalue weighted by Crippen LogP contribution is -2.38. The van der Waals surface area contributed by atoms with Crippen molar-refractivity contribution in [2.24, 2.45) is 0 Å². The Morgan fingerprint density at radius 3 is 2.57 bits per heavy atom. The van der Waals surface area contributed by atoms with Crippen LogP contribution in [0.15, 0.2) is 91.5 Å². The smallest absolute Gasteiger partial charge is 0.0953 e. The first-order valence-corrected chi connectivity index (χ1v) is 10.7. The van der Waals surface area contributed by atoms with E-state index in [1.54, 1.807) is 0 Å². The van der Waals surface area contributed by atoms with E-state index in [0.29, 0.717) is 0 Å². The first-order valence-electron chi connectivity index (χ1n) is 10.7. The Labute approximate surface area is 177 Å². The van der Waals surface area contributed by atoms with Crippen LogP contribution >= 0.6 is 0 Å². The van der Waals surface area contributed by atoms with Gasteiger partial charge in [-0.2, -0.15) is 0 Å². The van der Waals surface area contributed by atoms with Gasteiger partial charge in [-0.05, 0) is 46.7 Å². The van der Waals surface area contributed by atoms with Gasteiger partial charge in [0.25, 0.3) is 0 Å². The summed E-state index contributed by atoms with van der Waals surface area (Å²) < 4.78 is 0. The molecule has 0 spiro atoms. The number of aromatic nitrogens is 1. The second-order valence-corrected chi connectivity index (χ2v) is 8.18. The number of hydrogen-bond acceptors (Lipinski definition) is 1. The Kier molecular flexibility index (Phi) is 3.92. The van der Waals surface area contributed by atoms with Crippen LogP contribution in [0.5, 0.6) is 0 Å². The van der Waals surface area contributed by atoms with Gasteiger partial charge < -0.3 is 9.88 Å². The summed E-state index contributed by atoms with van der Waals surface area (Å²) in [6.07, 6.45) is 3.95. The van der Waals surface area contributed by atoms with Gasteiger partial charge in [-0.1, -0.05) is 78.9 Å². The molecule has 2 nitrogen and oxygen atoms in total. The van der Waals surface area contributed by atoms with E-state index in [2.05, 4.69) is 95.3 Å². The number of fused-ring (bicyclic) bond motifs is 7. The fourth-order valence-electron chi connectivity index (χ4n) is 5.40. The quantitative estimate of drug-likeness (QED) is 0.393. The Balaban J connectivity index is 1.66. The third-order valence-corrected chi connectivity index (χ3v) is 6.58. The second-order valence-electron chi connectivity index (χ2n) is 8.18. The third-order valence-electron chi connectivity index (χ3n) is 6.58. The molecule has 0 radical (unpaired) electrons. The minimum absolute atomic E-state index is 0.209. The lowest BCUT2D eigenvalue weighted by Gasteiger charge is -2.44. The molecule has 2 aliphatic rings. The lowest BCUT2D eigenvalue weighted by molar-refractivity contribution is 0.312. The Morgan fingerprint density at radius 2 is 1.70 bits per heavy atom. The molecule has 4 aromatic rings. The Morgan fingerprint density at radius 1 is 0.933 bits per heavy atom. The highest BCUT2D eigenvalue weighted by Gasteiger charge is 2.38. The molecule has 146 valence electrons. The minimum Gasteiger partial charge on any atom is -0.358 e. The van der Waals surface area contributed by atoms with Gasteiger partial charge >= 0.3 is 0 Å². The van der Waals surface area contributed by atoms with Crippen molar-refractivity contribution in [3.05, 3.63) is 119 Å². The number of benzene rings is 3. The summed E-state index contributed by atoms with van der Waals surface area (Å²) in [4.78, 5) is 6.41. The summed E-state index contributed by atoms with van der Waals surface area (Å²) in [6, 6.07) is 28.7. The van der Waals surface area contributed by atoms with Gasteiger partial charge in [0.05, 0.1) is 6.04 Å². The van der Waals surface area contributed by atoms with Crippen molar-refractivity contribution in [1.82, 2.24) is 9.88 Å². The molecule has 1 N–H and O–H groups in total. The predicted octanol–water partition coefficient (Wildman–Crippen LogP) is 6.57. The number of hydrogen-bond donors (Lipinski definition) is 1. The molecule has 0 bridgehead atoms. The molecule has 2 heteroatoms. The molecule has 1 atom stereocenters. The summed E-state index contributed by atoms with van der Waals surface area (Å²) in [7, 11) is 0. The summed E-state index contributed by atoms with van der Waals surface area (Å²) in [5.41, 5.74) is 10.8. The maximum atomic E-state index is 4.07. The molecule has 0 saturated carbocycles. The summed E-state index contributed by atoms with van der Waals surface area (Å²) >= 11 is 0. The zero-order chi connectivity index (χ0) is 20.1. The number of rotatable bonds is 3. The maximum absolute atomic E-state index is 4.07. The van der Waals surface area contributed by atoms with E-state index in [4.69, 9.17) is 0 Å². The normalized spacial score (nSPS) is 17.5. The number of H-pyrrole nitrogens is 1. The van der Waals surface area contributed by atoms with Gasteiger partial charge in [-0.3, -0.25) is 0 Å². The molecule has 2 aliphatic heterocycles. The average Bonchev–Trinajstić information content (AvgIpc) is 3.18. The minimum atomic E-state index is 0.209. The average molecular weight is 389 g/mol. The van der Waals surface area contributed by atoms with E-state index >= 15 is 0 Å². The van der Waals surface area contributed by atoms with E-state index in [-0.39, 0.29) is 6.04 Å². The summed E-state index contributed by atoms with van der Waals surface area (Å²) in [6.45, 7) is 5.08. The second kappa shape index (κ2) is 6.77. The van der Waals surface area contributed by atoms with Crippen molar-refractivity contribution in [3.8, 4) is 0 Å². The van der Waals surface area contributed by atoms with Crippen molar-refractivity contribution in [2.45, 2.75) is 18.9 Å². The van der Waals surface area contributed by atoms with Crippen LogP contribution in [0.3, 0.4) is 0 Å². The molecule has 6 rings (SSSR count). The molecule has 0 saturated heterocycles. The van der Waals surface area contributed by atoms with Crippen molar-refractivity contribution < 1.29 is 0 Å². The van der Waals surface area contributed by atoms with E-state index in [1.807, 2.05) is 6.08 Å². The standard InChI is InChI=1S/C28H24N2/c1-2-10-23-20-13-6-7-15-24(20)28-26-22(21-14-8-9-16-25(21)29-26)17-18-30(28)27(23)19-11-4-3-5-12-19/h2-9,11-16,28-29H,1,10,17-18H2. The van der Waals surface area contributed by atoms with E-state index in [9.17, 15) is 0 Å². The fraction of sp³-hybridized carbons (Fsp3) is 0.143. The van der Waals surface area contributed by atoms with Gasteiger partial charge in [-0.25, -0.2) is 0 Å². The van der Waals surface area contributed by atoms with Crippen LogP contribution in [0.2, 0.25) is 0 Å². The number of allylic oxidation sites excluding steroid dienone is 2. The van der Waals surface area contributed by atoms with Crippen LogP contribution in [0, 0.1) is 0 Å². The molecule has 0 aliphatic carbocycles. The van der Waals surface area contributed by atoms with Gasteiger partial charge in [0, 0.05) is 28.8 Å². The molecule has 0 amide bonds. The Hall–Kier alpha value is -3.52. The van der Waals surface area contributed by atoms with Crippen LogP contribution in [0.1, 0.15) is 40.4 Å². The van der Waals surface area contributed by atoms with Crippen LogP contribution in [-0.4, -0.2) is 16.4 Å². The zero-order valence-electron chi connectivity index (χ0n) is 16.9. The zero-order valence-corrected chi connectivity index (χ0v) is 16.9. The molecule has 30 heavy (non-hydrogen) atoms. The monoisotopic (exact) mass is 388 g/mol. The highest BCUT2D eigenvalue weighted by Crippen LogP contribution is 2.50. The lowest BCUT2D eigenvalue weighted by atomic mass is 9.80. The number of nitrogens with one attached hydrogen (secondary N) is 1. The molecular formula is C28H24N2. The molecular weight excluding hydrogens is 364 g/mol. The van der Waals surface area contributed by atoms with Crippen LogP contribution in [0.25, 0.3) is 22.2 Å². The van der Waals surface area contributed by atoms with Crippen LogP contribution < -0.4 is 0 Å². The number of nitrogens with zero attached hydrogens (tertiary/aromatic N) is 1. The van der Waals surface area contributed by atoms with Gasteiger partial charge in [0.15, 0.2) is 0 Å². The van der Waals surface area contributed by atoms with Crippen molar-refractivity contribution in [1.29, 1.82) is 0 Å². The predicted molar refractivity (Wildman–Crippen MR) is 125 cm³/mol. The molecule has 1 unspecified atom stereocenters. The summed E-state index contributed by atoms with van der Waals surface area (Å²) in [5, 5.41) is 1.37. The van der Waals surface area contributed by atoms with E-state index in [0.717, 1.165) is 19.4 Å². The topological polar surface area (TPSA) is 19.0 Å². The largest absolute Gasteiger partial charge is 0.358 e. The molecule has 3 aromatic carbocycles. The molecule has 1 aromatic heterocycles. The third kappa shape index (κ3) is 2.43. The SMILES string of the molecule is C=CCC1=C(c2ccccc2)N2CCc3c([nH]c4ccccc34)C2c2ccccc21. The van der Waals surface area contributed by atoms with Crippen molar-refractivity contribution in [2.75, 3.05) is 6.54 Å². The Bertz CT molecular complexity index is 1290.